The summed E-state index contributed by atoms with van der Waals surface area (Å²) < 4.78 is 0.891. The van der Waals surface area contributed by atoms with Gasteiger partial charge in [-0.1, -0.05) is 26.7 Å². The van der Waals surface area contributed by atoms with E-state index in [1.165, 1.54) is 12.8 Å². The molecule has 0 heterocycles. The van der Waals surface area contributed by atoms with Gasteiger partial charge in [0.05, 0.1) is 4.92 Å². The minimum absolute atomic E-state index is 0.141. The molecule has 5 heteroatoms. The van der Waals surface area contributed by atoms with Gasteiger partial charge in [-0.2, -0.15) is 0 Å². The fraction of sp³-hybridized carbons (Fsp3) is 0.571. The zero-order valence-corrected chi connectivity index (χ0v) is 13.8. The van der Waals surface area contributed by atoms with Crippen LogP contribution in [0.25, 0.3) is 0 Å². The summed E-state index contributed by atoms with van der Waals surface area (Å²) in [5.74, 6) is 0.742. The molecule has 1 aromatic carbocycles. The maximum absolute atomic E-state index is 10.7. The molecule has 0 aliphatic rings. The lowest BCUT2D eigenvalue weighted by molar-refractivity contribution is -0.384. The van der Waals surface area contributed by atoms with Crippen LogP contribution in [0.5, 0.6) is 0 Å². The van der Waals surface area contributed by atoms with Crippen LogP contribution in [0.3, 0.4) is 0 Å². The van der Waals surface area contributed by atoms with E-state index < -0.39 is 0 Å². The molecule has 1 atom stereocenters. The minimum Gasteiger partial charge on any atom is -0.382 e. The Morgan fingerprint density at radius 1 is 1.32 bits per heavy atom. The van der Waals surface area contributed by atoms with Crippen molar-refractivity contribution >= 4 is 34.0 Å². The van der Waals surface area contributed by atoms with Crippen LogP contribution in [-0.2, 0) is 0 Å². The Labute approximate surface area is 128 Å². The van der Waals surface area contributed by atoms with Crippen molar-refractivity contribution in [1.29, 1.82) is 0 Å². The first-order valence-electron chi connectivity index (χ1n) is 6.60. The largest absolute Gasteiger partial charge is 0.382 e. The van der Waals surface area contributed by atoms with Gasteiger partial charge in [-0.25, -0.2) is 0 Å². The molecule has 0 aromatic heterocycles. The molecule has 19 heavy (non-hydrogen) atoms. The smallest absolute Gasteiger partial charge is 0.270 e. The van der Waals surface area contributed by atoms with Gasteiger partial charge < -0.3 is 5.32 Å². The number of halogens is 1. The zero-order chi connectivity index (χ0) is 14.4. The highest BCUT2D eigenvalue weighted by atomic mass is 127. The summed E-state index contributed by atoms with van der Waals surface area (Å²) in [6.45, 7) is 6.62. The van der Waals surface area contributed by atoms with Crippen LogP contribution in [0.15, 0.2) is 18.2 Å². The number of nitro benzene ring substituents is 1. The fourth-order valence-corrected chi connectivity index (χ4v) is 2.56. The molecular formula is C14H21IN2O2. The van der Waals surface area contributed by atoms with Gasteiger partial charge >= 0.3 is 0 Å². The Morgan fingerprint density at radius 2 is 2.00 bits per heavy atom. The van der Waals surface area contributed by atoms with E-state index in [0.29, 0.717) is 6.04 Å². The van der Waals surface area contributed by atoms with Crippen LogP contribution in [0.4, 0.5) is 11.4 Å². The molecule has 1 unspecified atom stereocenters. The molecule has 1 aromatic rings. The second kappa shape index (κ2) is 7.67. The van der Waals surface area contributed by atoms with E-state index in [4.69, 9.17) is 0 Å². The van der Waals surface area contributed by atoms with Crippen LogP contribution in [-0.4, -0.2) is 11.0 Å². The zero-order valence-electron chi connectivity index (χ0n) is 11.6. The second-order valence-corrected chi connectivity index (χ2v) is 6.45. The Kier molecular flexibility index (Phi) is 6.54. The van der Waals surface area contributed by atoms with E-state index in [1.54, 1.807) is 18.2 Å². The number of benzene rings is 1. The number of non-ortho nitro benzene ring substituents is 1. The second-order valence-electron chi connectivity index (χ2n) is 5.29. The van der Waals surface area contributed by atoms with E-state index in [9.17, 15) is 10.1 Å². The van der Waals surface area contributed by atoms with Crippen LogP contribution in [0.1, 0.15) is 40.0 Å². The summed E-state index contributed by atoms with van der Waals surface area (Å²) in [4.78, 5) is 10.3. The molecule has 106 valence electrons. The third-order valence-electron chi connectivity index (χ3n) is 2.98. The highest BCUT2D eigenvalue weighted by Gasteiger charge is 2.10. The molecule has 0 spiro atoms. The molecule has 0 fully saturated rings. The van der Waals surface area contributed by atoms with Gasteiger partial charge in [0, 0.05) is 27.4 Å². The van der Waals surface area contributed by atoms with Crippen molar-refractivity contribution in [1.82, 2.24) is 0 Å². The van der Waals surface area contributed by atoms with Crippen molar-refractivity contribution in [2.45, 2.75) is 46.1 Å². The van der Waals surface area contributed by atoms with E-state index in [1.807, 2.05) is 0 Å². The predicted octanol–water partition coefficient (Wildman–Crippen LogP) is 4.83. The van der Waals surface area contributed by atoms with Crippen LogP contribution in [0.2, 0.25) is 0 Å². The molecular weight excluding hydrogens is 355 g/mol. The number of nitrogens with zero attached hydrogens (tertiary/aromatic N) is 1. The molecule has 0 saturated heterocycles. The molecule has 0 aliphatic heterocycles. The Bertz CT molecular complexity index is 435. The topological polar surface area (TPSA) is 55.2 Å². The first-order chi connectivity index (χ1) is 8.90. The first-order valence-corrected chi connectivity index (χ1v) is 7.68. The maximum atomic E-state index is 10.7. The molecule has 4 nitrogen and oxygen atoms in total. The highest BCUT2D eigenvalue weighted by molar-refractivity contribution is 14.1. The number of nitrogens with one attached hydrogen (secondary N) is 1. The van der Waals surface area contributed by atoms with Gasteiger partial charge in [0.2, 0.25) is 0 Å². The van der Waals surface area contributed by atoms with Crippen molar-refractivity contribution in [3.05, 3.63) is 31.9 Å². The Hall–Kier alpha value is -0.850. The normalized spacial score (nSPS) is 12.5. The number of hydrogen-bond donors (Lipinski definition) is 1. The average molecular weight is 376 g/mol. The monoisotopic (exact) mass is 376 g/mol. The van der Waals surface area contributed by atoms with Crippen LogP contribution in [0, 0.1) is 19.6 Å². The summed E-state index contributed by atoms with van der Waals surface area (Å²) in [6.07, 6.45) is 3.56. The molecule has 0 radical (unpaired) electrons. The predicted molar refractivity (Wildman–Crippen MR) is 87.6 cm³/mol. The summed E-state index contributed by atoms with van der Waals surface area (Å²) in [7, 11) is 0. The van der Waals surface area contributed by atoms with Gasteiger partial charge in [0.15, 0.2) is 0 Å². The minimum atomic E-state index is -0.363. The van der Waals surface area contributed by atoms with E-state index >= 15 is 0 Å². The van der Waals surface area contributed by atoms with Gasteiger partial charge in [-0.05, 0) is 47.9 Å². The van der Waals surface area contributed by atoms with Crippen LogP contribution < -0.4 is 5.32 Å². The first kappa shape index (κ1) is 16.2. The Morgan fingerprint density at radius 3 is 2.53 bits per heavy atom. The van der Waals surface area contributed by atoms with Gasteiger partial charge in [-0.3, -0.25) is 10.1 Å². The highest BCUT2D eigenvalue weighted by Crippen LogP contribution is 2.24. The summed E-state index contributed by atoms with van der Waals surface area (Å²) in [5, 5.41) is 14.1. The molecule has 0 saturated carbocycles. The third kappa shape index (κ3) is 5.76. The lowest BCUT2D eigenvalue weighted by Gasteiger charge is -2.16. The molecule has 1 rings (SSSR count). The number of hydrogen-bond acceptors (Lipinski definition) is 3. The molecule has 0 amide bonds. The fourth-order valence-electron chi connectivity index (χ4n) is 1.90. The van der Waals surface area contributed by atoms with Gasteiger partial charge in [-0.15, -0.1) is 0 Å². The maximum Gasteiger partial charge on any atom is 0.270 e. The summed E-state index contributed by atoms with van der Waals surface area (Å²) in [6, 6.07) is 5.32. The van der Waals surface area contributed by atoms with Crippen molar-refractivity contribution in [3.63, 3.8) is 0 Å². The molecule has 1 N–H and O–H groups in total. The van der Waals surface area contributed by atoms with E-state index in [0.717, 1.165) is 21.6 Å². The summed E-state index contributed by atoms with van der Waals surface area (Å²) in [5.41, 5.74) is 1.12. The van der Waals surface area contributed by atoms with E-state index in [2.05, 4.69) is 48.7 Å². The summed E-state index contributed by atoms with van der Waals surface area (Å²) >= 11 is 2.13. The average Bonchev–Trinajstić information content (AvgIpc) is 2.31. The van der Waals surface area contributed by atoms with Gasteiger partial charge in [0.1, 0.15) is 0 Å². The number of anilines is 1. The lowest BCUT2D eigenvalue weighted by atomic mass is 10.0. The standard InChI is InChI=1S/C14H21IN2O2/c1-10(2)5-4-6-11(3)16-14-8-7-12(17(18)19)9-13(14)15/h7-11,16H,4-6H2,1-3H3. The molecule has 0 bridgehead atoms. The Balaban J connectivity index is 2.54. The van der Waals surface area contributed by atoms with E-state index in [-0.39, 0.29) is 10.6 Å². The van der Waals surface area contributed by atoms with Crippen LogP contribution >= 0.6 is 22.6 Å². The third-order valence-corrected chi connectivity index (χ3v) is 3.88. The number of nitro groups is 1. The molecule has 0 aliphatic carbocycles. The SMILES string of the molecule is CC(C)CCCC(C)Nc1ccc([N+](=O)[O-])cc1I. The van der Waals surface area contributed by atoms with Gasteiger partial charge in [0.25, 0.3) is 5.69 Å². The quantitative estimate of drug-likeness (QED) is 0.422. The lowest BCUT2D eigenvalue weighted by Crippen LogP contribution is -2.16. The van der Waals surface area contributed by atoms with Crippen molar-refractivity contribution in [2.24, 2.45) is 5.92 Å². The van der Waals surface area contributed by atoms with Crippen molar-refractivity contribution in [3.8, 4) is 0 Å². The number of rotatable bonds is 7. The van der Waals surface area contributed by atoms with Crippen molar-refractivity contribution < 1.29 is 4.92 Å². The van der Waals surface area contributed by atoms with Crippen molar-refractivity contribution in [2.75, 3.05) is 5.32 Å².